The zero-order valence-electron chi connectivity index (χ0n) is 18.3. The second-order valence-corrected chi connectivity index (χ2v) is 9.75. The van der Waals surface area contributed by atoms with Gasteiger partial charge in [0, 0.05) is 11.8 Å². The quantitative estimate of drug-likeness (QED) is 0.717. The van der Waals surface area contributed by atoms with Crippen molar-refractivity contribution in [1.29, 1.82) is 0 Å². The lowest BCUT2D eigenvalue weighted by Gasteiger charge is -2.42. The van der Waals surface area contributed by atoms with Crippen molar-refractivity contribution < 1.29 is 19.4 Å². The summed E-state index contributed by atoms with van der Waals surface area (Å²) in [5.74, 6) is 4.31. The molecule has 1 aromatic carbocycles. The van der Waals surface area contributed by atoms with E-state index in [1.165, 1.54) is 16.7 Å². The van der Waals surface area contributed by atoms with E-state index >= 15 is 0 Å². The number of carbonyl (C=O) groups excluding carboxylic acids is 1. The second kappa shape index (κ2) is 7.36. The Balaban J connectivity index is 1.67. The van der Waals surface area contributed by atoms with Crippen LogP contribution in [0.4, 0.5) is 0 Å². The third kappa shape index (κ3) is 3.02. The highest BCUT2D eigenvalue weighted by atomic mass is 16.5. The van der Waals surface area contributed by atoms with Crippen molar-refractivity contribution in [2.45, 2.75) is 57.2 Å². The van der Waals surface area contributed by atoms with Gasteiger partial charge in [-0.05, 0) is 84.4 Å². The predicted molar refractivity (Wildman–Crippen MR) is 118 cm³/mol. The number of rotatable bonds is 2. The Kier molecular flexibility index (Phi) is 4.88. The maximum atomic E-state index is 12.1. The number of methoxy groups -OCH3 is 1. The molecule has 1 saturated heterocycles. The van der Waals surface area contributed by atoms with Crippen LogP contribution in [0.1, 0.15) is 57.1 Å². The van der Waals surface area contributed by atoms with Crippen molar-refractivity contribution in [1.82, 2.24) is 0 Å². The summed E-state index contributed by atoms with van der Waals surface area (Å²) in [4.78, 5) is 12.1. The van der Waals surface area contributed by atoms with Gasteiger partial charge in [-0.3, -0.25) is 4.79 Å². The van der Waals surface area contributed by atoms with Crippen molar-refractivity contribution in [3.63, 3.8) is 0 Å². The molecule has 5 rings (SSSR count). The Morgan fingerprint density at radius 3 is 2.68 bits per heavy atom. The highest BCUT2D eigenvalue weighted by molar-refractivity contribution is 5.93. The largest absolute Gasteiger partial charge is 0.497 e. The number of hydrogen-bond donors (Lipinski definition) is 1. The molecule has 0 radical (unpaired) electrons. The number of carbonyl (C=O) groups is 1. The fraction of sp³-hybridized carbons (Fsp3) is 0.519. The van der Waals surface area contributed by atoms with E-state index in [1.807, 2.05) is 18.2 Å². The Hall–Kier alpha value is -2.35. The molecule has 1 saturated carbocycles. The van der Waals surface area contributed by atoms with Gasteiger partial charge in [-0.2, -0.15) is 0 Å². The van der Waals surface area contributed by atoms with E-state index in [2.05, 4.69) is 25.0 Å². The summed E-state index contributed by atoms with van der Waals surface area (Å²) in [6.45, 7) is 2.53. The van der Waals surface area contributed by atoms with Crippen molar-refractivity contribution in [2.24, 2.45) is 17.3 Å². The van der Waals surface area contributed by atoms with Gasteiger partial charge in [0.05, 0.1) is 13.7 Å². The summed E-state index contributed by atoms with van der Waals surface area (Å²) < 4.78 is 12.0. The van der Waals surface area contributed by atoms with E-state index in [-0.39, 0.29) is 17.8 Å². The molecule has 4 aliphatic rings. The molecular weight excluding hydrogens is 388 g/mol. The van der Waals surface area contributed by atoms with Gasteiger partial charge >= 0.3 is 0 Å². The van der Waals surface area contributed by atoms with Crippen LogP contribution >= 0.6 is 0 Å². The highest BCUT2D eigenvalue weighted by Crippen LogP contribution is 2.61. The van der Waals surface area contributed by atoms with Crippen LogP contribution in [0.5, 0.6) is 5.75 Å². The van der Waals surface area contributed by atoms with Crippen LogP contribution in [0.2, 0.25) is 0 Å². The van der Waals surface area contributed by atoms with Gasteiger partial charge in [0.1, 0.15) is 17.5 Å². The summed E-state index contributed by atoms with van der Waals surface area (Å²) in [6, 6.07) is 8.07. The van der Waals surface area contributed by atoms with Crippen LogP contribution in [-0.4, -0.2) is 30.2 Å². The minimum absolute atomic E-state index is 0.202. The third-order valence-electron chi connectivity index (χ3n) is 8.37. The summed E-state index contributed by atoms with van der Waals surface area (Å²) in [5.41, 5.74) is 3.23. The molecule has 2 fully saturated rings. The van der Waals surface area contributed by atoms with E-state index in [0.29, 0.717) is 25.4 Å². The Bertz CT molecular complexity index is 1010. The molecule has 5 unspecified atom stereocenters. The number of ether oxygens (including phenoxy) is 2. The lowest BCUT2D eigenvalue weighted by molar-refractivity contribution is -0.114. The molecule has 162 valence electrons. The molecule has 5 atom stereocenters. The third-order valence-corrected chi connectivity index (χ3v) is 8.37. The van der Waals surface area contributed by atoms with Gasteiger partial charge in [-0.15, -0.1) is 6.42 Å². The highest BCUT2D eigenvalue weighted by Gasteiger charge is 2.61. The fourth-order valence-corrected chi connectivity index (χ4v) is 6.56. The van der Waals surface area contributed by atoms with Crippen LogP contribution in [0.3, 0.4) is 0 Å². The molecule has 1 aliphatic heterocycles. The van der Waals surface area contributed by atoms with Crippen molar-refractivity contribution >= 4 is 5.78 Å². The maximum Gasteiger partial charge on any atom is 0.156 e. The standard InChI is InChI=1S/C27H30O4/c1-4-27(29)14-13-23-22-11-7-18-15-19(28)8-12-21(18)24(22)25(31-16-26(23,27)2)17-5-9-20(30-3)10-6-17/h1,5-6,9-10,15,22-23,25,29H,7-8,11-14,16H2,2-3H3. The van der Waals surface area contributed by atoms with E-state index in [1.54, 1.807) is 7.11 Å². The average molecular weight is 419 g/mol. The first-order valence-corrected chi connectivity index (χ1v) is 11.3. The molecule has 0 bridgehead atoms. The van der Waals surface area contributed by atoms with Crippen molar-refractivity contribution in [3.8, 4) is 18.1 Å². The lowest BCUT2D eigenvalue weighted by Crippen LogP contribution is -2.48. The first-order valence-electron chi connectivity index (χ1n) is 11.3. The number of allylic oxidation sites excluding steroid dienone is 3. The zero-order chi connectivity index (χ0) is 21.8. The van der Waals surface area contributed by atoms with Gasteiger partial charge in [-0.1, -0.05) is 25.0 Å². The van der Waals surface area contributed by atoms with Crippen LogP contribution in [0, 0.1) is 29.6 Å². The SMILES string of the molecule is C#CC1(O)CCC2C3CCC4=CC(=O)CCC4=C3C(c3ccc(OC)cc3)OCC21C. The molecular formula is C27H30O4. The first-order chi connectivity index (χ1) is 14.9. The average Bonchev–Trinajstić information content (AvgIpc) is 2.96. The summed E-state index contributed by atoms with van der Waals surface area (Å²) in [5, 5.41) is 11.4. The molecule has 31 heavy (non-hydrogen) atoms. The molecule has 3 aliphatic carbocycles. The van der Waals surface area contributed by atoms with E-state index < -0.39 is 11.0 Å². The number of fused-ring (bicyclic) bond motifs is 4. The zero-order valence-corrected chi connectivity index (χ0v) is 18.3. The summed E-state index contributed by atoms with van der Waals surface area (Å²) >= 11 is 0. The number of hydrogen-bond acceptors (Lipinski definition) is 4. The minimum Gasteiger partial charge on any atom is -0.497 e. The molecule has 1 N–H and O–H groups in total. The van der Waals surface area contributed by atoms with E-state index in [4.69, 9.17) is 15.9 Å². The molecule has 0 spiro atoms. The van der Waals surface area contributed by atoms with Crippen LogP contribution in [0.15, 0.2) is 47.1 Å². The van der Waals surface area contributed by atoms with Gasteiger partial charge in [0.25, 0.3) is 0 Å². The monoisotopic (exact) mass is 418 g/mol. The molecule has 4 heteroatoms. The Morgan fingerprint density at radius 1 is 1.19 bits per heavy atom. The maximum absolute atomic E-state index is 12.1. The van der Waals surface area contributed by atoms with Gasteiger partial charge < -0.3 is 14.6 Å². The Labute approximate surface area is 184 Å². The van der Waals surface area contributed by atoms with Crippen LogP contribution in [-0.2, 0) is 9.53 Å². The van der Waals surface area contributed by atoms with E-state index in [9.17, 15) is 9.90 Å². The van der Waals surface area contributed by atoms with Crippen LogP contribution < -0.4 is 4.74 Å². The number of benzene rings is 1. The number of aliphatic hydroxyl groups is 1. The molecule has 1 heterocycles. The Morgan fingerprint density at radius 2 is 1.97 bits per heavy atom. The predicted octanol–water partition coefficient (Wildman–Crippen LogP) is 4.54. The lowest BCUT2D eigenvalue weighted by atomic mass is 9.62. The van der Waals surface area contributed by atoms with Gasteiger partial charge in [0.15, 0.2) is 5.78 Å². The number of ketones is 1. The smallest absolute Gasteiger partial charge is 0.156 e. The van der Waals surface area contributed by atoms with Crippen molar-refractivity contribution in [2.75, 3.05) is 13.7 Å². The minimum atomic E-state index is -1.15. The summed E-state index contributed by atoms with van der Waals surface area (Å²) in [7, 11) is 1.66. The second-order valence-electron chi connectivity index (χ2n) is 9.75. The number of terminal acetylenes is 1. The molecule has 4 nitrogen and oxygen atoms in total. The van der Waals surface area contributed by atoms with Gasteiger partial charge in [-0.25, -0.2) is 0 Å². The normalized spacial score (nSPS) is 37.2. The molecule has 0 aromatic heterocycles. The van der Waals surface area contributed by atoms with Crippen molar-refractivity contribution in [3.05, 3.63) is 52.6 Å². The van der Waals surface area contributed by atoms with Crippen LogP contribution in [0.25, 0.3) is 0 Å². The molecule has 0 amide bonds. The first kappa shape index (κ1) is 20.5. The molecule has 1 aromatic rings. The summed E-state index contributed by atoms with van der Waals surface area (Å²) in [6.07, 6.45) is 12.2. The topological polar surface area (TPSA) is 55.8 Å². The van der Waals surface area contributed by atoms with Gasteiger partial charge in [0.2, 0.25) is 0 Å². The van der Waals surface area contributed by atoms with E-state index in [0.717, 1.165) is 37.0 Å². The fourth-order valence-electron chi connectivity index (χ4n) is 6.56.